The Hall–Kier alpha value is -1.85. The van der Waals surface area contributed by atoms with E-state index in [0.717, 1.165) is 36.3 Å². The van der Waals surface area contributed by atoms with E-state index in [4.69, 9.17) is 4.74 Å². The molecule has 2 aromatic carbocycles. The Bertz CT molecular complexity index is 778. The molecule has 2 aromatic rings. The Morgan fingerprint density at radius 3 is 2.84 bits per heavy atom. The molecule has 25 heavy (non-hydrogen) atoms. The number of methoxy groups -OCH3 is 1. The summed E-state index contributed by atoms with van der Waals surface area (Å²) in [7, 11) is 1.69. The van der Waals surface area contributed by atoms with Crippen molar-refractivity contribution in [3.05, 3.63) is 64.1 Å². The van der Waals surface area contributed by atoms with Crippen LogP contribution >= 0.6 is 15.9 Å². The number of fused-ring (bicyclic) bond motifs is 1. The lowest BCUT2D eigenvalue weighted by molar-refractivity contribution is 0.220. The highest BCUT2D eigenvalue weighted by molar-refractivity contribution is 9.10. The molecule has 0 aliphatic carbocycles. The first-order valence-electron chi connectivity index (χ1n) is 8.66. The van der Waals surface area contributed by atoms with Crippen LogP contribution in [0, 0.1) is 5.92 Å². The molecule has 2 atom stereocenters. The maximum Gasteiger partial charge on any atom is 0.133 e. The first kappa shape index (κ1) is 16.6. The summed E-state index contributed by atoms with van der Waals surface area (Å²) in [5, 5.41) is 4.62. The molecule has 0 bridgehead atoms. The molecule has 1 N–H and O–H groups in total. The summed E-state index contributed by atoms with van der Waals surface area (Å²) < 4.78 is 6.33. The molecule has 4 rings (SSSR count). The van der Waals surface area contributed by atoms with E-state index in [-0.39, 0.29) is 6.04 Å². The number of hydrogen-bond acceptors (Lipinski definition) is 4. The maximum atomic E-state index is 5.35. The highest BCUT2D eigenvalue weighted by atomic mass is 79.9. The number of halogens is 1. The second-order valence-electron chi connectivity index (χ2n) is 6.68. The summed E-state index contributed by atoms with van der Waals surface area (Å²) in [6, 6.07) is 17.2. The minimum Gasteiger partial charge on any atom is -0.496 e. The molecule has 130 valence electrons. The van der Waals surface area contributed by atoms with Crippen LogP contribution in [0.3, 0.4) is 0 Å². The van der Waals surface area contributed by atoms with Gasteiger partial charge in [-0.15, -0.1) is 0 Å². The van der Waals surface area contributed by atoms with Crippen LogP contribution < -0.4 is 10.2 Å². The van der Waals surface area contributed by atoms with Crippen molar-refractivity contribution in [3.63, 3.8) is 0 Å². The molecule has 2 aliphatic heterocycles. The maximum absolute atomic E-state index is 5.35. The number of rotatable bonds is 4. The molecule has 2 aliphatic rings. The van der Waals surface area contributed by atoms with Crippen molar-refractivity contribution in [2.24, 2.45) is 11.0 Å². The molecular weight excluding hydrogens is 378 g/mol. The predicted molar refractivity (Wildman–Crippen MR) is 104 cm³/mol. The standard InChI is InChI=1S/C20H22BrN3O/c1-25-19-8-7-15(11-17(19)21)20-16-13-24(10-9-18(16)22-23-20)12-14-5-3-2-4-6-14/h2-8,11,16,20,23H,9-10,12-13H2,1H3. The topological polar surface area (TPSA) is 36.9 Å². The Morgan fingerprint density at radius 1 is 1.24 bits per heavy atom. The smallest absolute Gasteiger partial charge is 0.133 e. The molecule has 1 saturated heterocycles. The number of piperidine rings is 1. The van der Waals surface area contributed by atoms with Gasteiger partial charge in [-0.1, -0.05) is 36.4 Å². The normalized spacial score (nSPS) is 22.9. The van der Waals surface area contributed by atoms with Crippen LogP contribution in [0.15, 0.2) is 58.1 Å². The lowest BCUT2D eigenvalue weighted by Gasteiger charge is -2.33. The van der Waals surface area contributed by atoms with Crippen LogP contribution in [0.1, 0.15) is 23.6 Å². The van der Waals surface area contributed by atoms with E-state index < -0.39 is 0 Å². The second-order valence-corrected chi connectivity index (χ2v) is 7.54. The largest absolute Gasteiger partial charge is 0.496 e. The minimum atomic E-state index is 0.232. The number of hydrazone groups is 1. The van der Waals surface area contributed by atoms with Gasteiger partial charge in [-0.05, 0) is 39.2 Å². The zero-order valence-corrected chi connectivity index (χ0v) is 15.9. The average molecular weight is 400 g/mol. The summed E-state index contributed by atoms with van der Waals surface area (Å²) in [5.41, 5.74) is 7.29. The number of ether oxygens (including phenoxy) is 1. The van der Waals surface area contributed by atoms with Gasteiger partial charge in [0.05, 0.1) is 17.6 Å². The summed E-state index contributed by atoms with van der Waals surface area (Å²) in [4.78, 5) is 2.54. The molecule has 4 nitrogen and oxygen atoms in total. The van der Waals surface area contributed by atoms with E-state index >= 15 is 0 Å². The van der Waals surface area contributed by atoms with E-state index in [1.54, 1.807) is 7.11 Å². The Kier molecular flexibility index (Phi) is 4.77. The average Bonchev–Trinajstić information content (AvgIpc) is 3.06. The van der Waals surface area contributed by atoms with Crippen molar-refractivity contribution in [3.8, 4) is 5.75 Å². The molecule has 2 unspecified atom stereocenters. The zero-order valence-electron chi connectivity index (χ0n) is 14.3. The fourth-order valence-corrected chi connectivity index (χ4v) is 4.34. The van der Waals surface area contributed by atoms with Gasteiger partial charge in [-0.3, -0.25) is 4.90 Å². The van der Waals surface area contributed by atoms with E-state index in [0.29, 0.717) is 5.92 Å². The number of nitrogens with one attached hydrogen (secondary N) is 1. The molecule has 0 spiro atoms. The van der Waals surface area contributed by atoms with Crippen molar-refractivity contribution in [2.45, 2.75) is 19.0 Å². The van der Waals surface area contributed by atoms with Crippen LogP contribution in [-0.2, 0) is 6.54 Å². The van der Waals surface area contributed by atoms with Crippen molar-refractivity contribution in [1.82, 2.24) is 10.3 Å². The molecule has 5 heteroatoms. The first-order chi connectivity index (χ1) is 12.2. The first-order valence-corrected chi connectivity index (χ1v) is 9.45. The highest BCUT2D eigenvalue weighted by Gasteiger charge is 2.37. The summed E-state index contributed by atoms with van der Waals surface area (Å²) in [6.45, 7) is 3.11. The fourth-order valence-electron chi connectivity index (χ4n) is 3.78. The van der Waals surface area contributed by atoms with E-state index in [1.807, 2.05) is 6.07 Å². The highest BCUT2D eigenvalue weighted by Crippen LogP contribution is 2.36. The van der Waals surface area contributed by atoms with Gasteiger partial charge in [0, 0.05) is 37.7 Å². The molecule has 0 aromatic heterocycles. The molecule has 0 amide bonds. The SMILES string of the molecule is COc1ccc(C2NN=C3CCN(Cc4ccccc4)CC32)cc1Br. The van der Waals surface area contributed by atoms with Gasteiger partial charge >= 0.3 is 0 Å². The third kappa shape index (κ3) is 3.44. The van der Waals surface area contributed by atoms with Gasteiger partial charge in [0.1, 0.15) is 5.75 Å². The molecule has 0 saturated carbocycles. The molecule has 0 radical (unpaired) electrons. The van der Waals surface area contributed by atoms with Crippen molar-refractivity contribution in [1.29, 1.82) is 0 Å². The number of nitrogens with zero attached hydrogens (tertiary/aromatic N) is 2. The van der Waals surface area contributed by atoms with Crippen LogP contribution in [0.5, 0.6) is 5.75 Å². The van der Waals surface area contributed by atoms with Gasteiger partial charge in [0.25, 0.3) is 0 Å². The van der Waals surface area contributed by atoms with Gasteiger partial charge in [0.2, 0.25) is 0 Å². The van der Waals surface area contributed by atoms with Crippen molar-refractivity contribution in [2.75, 3.05) is 20.2 Å². The van der Waals surface area contributed by atoms with E-state index in [2.05, 4.69) is 73.8 Å². The van der Waals surface area contributed by atoms with Gasteiger partial charge in [-0.2, -0.15) is 5.10 Å². The fraction of sp³-hybridized carbons (Fsp3) is 0.350. The lowest BCUT2D eigenvalue weighted by atomic mass is 9.86. The van der Waals surface area contributed by atoms with Crippen LogP contribution in [0.4, 0.5) is 0 Å². The number of hydrogen-bond donors (Lipinski definition) is 1. The lowest BCUT2D eigenvalue weighted by Crippen LogP contribution is -2.41. The van der Waals surface area contributed by atoms with Crippen LogP contribution in [0.2, 0.25) is 0 Å². The van der Waals surface area contributed by atoms with Crippen molar-refractivity contribution >= 4 is 21.6 Å². The summed E-state index contributed by atoms with van der Waals surface area (Å²) in [6.07, 6.45) is 1.04. The van der Waals surface area contributed by atoms with Gasteiger partial charge < -0.3 is 10.2 Å². The van der Waals surface area contributed by atoms with Gasteiger partial charge in [0.15, 0.2) is 0 Å². The summed E-state index contributed by atoms with van der Waals surface area (Å²) in [5.74, 6) is 1.29. The number of likely N-dealkylation sites (tertiary alicyclic amines) is 1. The Morgan fingerprint density at radius 2 is 2.08 bits per heavy atom. The van der Waals surface area contributed by atoms with E-state index in [9.17, 15) is 0 Å². The Balaban J connectivity index is 1.50. The summed E-state index contributed by atoms with van der Waals surface area (Å²) >= 11 is 3.60. The minimum absolute atomic E-state index is 0.232. The third-order valence-electron chi connectivity index (χ3n) is 5.10. The molecular formula is C20H22BrN3O. The van der Waals surface area contributed by atoms with E-state index in [1.165, 1.54) is 16.8 Å². The monoisotopic (exact) mass is 399 g/mol. The predicted octanol–water partition coefficient (Wildman–Crippen LogP) is 3.98. The number of benzene rings is 2. The Labute approximate surface area is 157 Å². The van der Waals surface area contributed by atoms with Gasteiger partial charge in [-0.25, -0.2) is 0 Å². The quantitative estimate of drug-likeness (QED) is 0.844. The van der Waals surface area contributed by atoms with Crippen LogP contribution in [0.25, 0.3) is 0 Å². The molecule has 1 fully saturated rings. The third-order valence-corrected chi connectivity index (χ3v) is 5.72. The molecule has 2 heterocycles. The van der Waals surface area contributed by atoms with Crippen molar-refractivity contribution < 1.29 is 4.74 Å². The zero-order chi connectivity index (χ0) is 17.2. The second kappa shape index (κ2) is 7.18. The van der Waals surface area contributed by atoms with Crippen LogP contribution in [-0.4, -0.2) is 30.8 Å².